The second kappa shape index (κ2) is 7.13. The molecule has 0 unspecified atom stereocenters. The van der Waals surface area contributed by atoms with Gasteiger partial charge in [-0.05, 0) is 37.1 Å². The Kier molecular flexibility index (Phi) is 4.75. The molecule has 1 aromatic heterocycles. The van der Waals surface area contributed by atoms with Gasteiger partial charge in [-0.1, -0.05) is 35.9 Å². The monoisotopic (exact) mass is 320 g/mol. The molecule has 0 aliphatic carbocycles. The number of rotatable bonds is 5. The Labute approximate surface area is 141 Å². The van der Waals surface area contributed by atoms with Crippen molar-refractivity contribution in [3.63, 3.8) is 0 Å². The topological polar surface area (TPSA) is 51.2 Å². The lowest BCUT2D eigenvalue weighted by Gasteiger charge is -2.11. The molecule has 3 rings (SSSR count). The number of fused-ring (bicyclic) bond motifs is 1. The predicted octanol–water partition coefficient (Wildman–Crippen LogP) is 3.52. The van der Waals surface area contributed by atoms with Crippen molar-refractivity contribution in [3.8, 4) is 5.75 Å². The summed E-state index contributed by atoms with van der Waals surface area (Å²) in [7, 11) is 1.66. The first-order valence-electron chi connectivity index (χ1n) is 7.94. The van der Waals surface area contributed by atoms with Gasteiger partial charge >= 0.3 is 0 Å². The van der Waals surface area contributed by atoms with Crippen LogP contribution in [-0.4, -0.2) is 24.5 Å². The van der Waals surface area contributed by atoms with Crippen LogP contribution in [0.2, 0.25) is 0 Å². The maximum Gasteiger partial charge on any atom is 0.252 e. The van der Waals surface area contributed by atoms with Gasteiger partial charge in [0.05, 0.1) is 18.2 Å². The molecule has 1 N–H and O–H groups in total. The number of methoxy groups -OCH3 is 1. The normalized spacial score (nSPS) is 10.6. The van der Waals surface area contributed by atoms with E-state index in [9.17, 15) is 4.79 Å². The fourth-order valence-electron chi connectivity index (χ4n) is 2.80. The second-order valence-corrected chi connectivity index (χ2v) is 5.70. The predicted molar refractivity (Wildman–Crippen MR) is 95.5 cm³/mol. The summed E-state index contributed by atoms with van der Waals surface area (Å²) in [6.45, 7) is 2.60. The van der Waals surface area contributed by atoms with E-state index in [1.54, 1.807) is 19.4 Å². The Morgan fingerprint density at radius 1 is 1.17 bits per heavy atom. The van der Waals surface area contributed by atoms with Crippen LogP contribution in [0, 0.1) is 6.92 Å². The van der Waals surface area contributed by atoms with Gasteiger partial charge in [0.1, 0.15) is 5.75 Å². The Morgan fingerprint density at radius 2 is 2.00 bits per heavy atom. The van der Waals surface area contributed by atoms with Crippen molar-refractivity contribution in [1.29, 1.82) is 0 Å². The number of nitrogens with one attached hydrogen (secondary N) is 1. The Bertz CT molecular complexity index is 869. The van der Waals surface area contributed by atoms with E-state index < -0.39 is 0 Å². The number of aryl methyl sites for hydroxylation is 1. The Balaban J connectivity index is 1.71. The first-order chi connectivity index (χ1) is 11.7. The summed E-state index contributed by atoms with van der Waals surface area (Å²) in [6, 6.07) is 15.5. The maximum absolute atomic E-state index is 12.5. The molecule has 0 fully saturated rings. The number of hydrogen-bond donors (Lipinski definition) is 1. The van der Waals surface area contributed by atoms with Crippen molar-refractivity contribution in [2.75, 3.05) is 13.7 Å². The minimum atomic E-state index is -0.0831. The van der Waals surface area contributed by atoms with E-state index in [1.165, 1.54) is 5.56 Å². The molecule has 3 aromatic rings. The summed E-state index contributed by atoms with van der Waals surface area (Å²) in [5, 5.41) is 3.85. The van der Waals surface area contributed by atoms with Crippen LogP contribution in [0.5, 0.6) is 5.75 Å². The number of para-hydroxylation sites is 1. The molecule has 0 atom stereocenters. The average molecular weight is 320 g/mol. The smallest absolute Gasteiger partial charge is 0.252 e. The molecule has 0 radical (unpaired) electrons. The number of ether oxygens (including phenoxy) is 1. The average Bonchev–Trinajstić information content (AvgIpc) is 2.61. The molecule has 0 spiro atoms. The molecular formula is C20H20N2O2. The highest BCUT2D eigenvalue weighted by molar-refractivity contribution is 6.05. The van der Waals surface area contributed by atoms with Crippen LogP contribution in [0.15, 0.2) is 54.7 Å². The molecular weight excluding hydrogens is 300 g/mol. The summed E-state index contributed by atoms with van der Waals surface area (Å²) in [5.74, 6) is 0.768. The molecule has 1 heterocycles. The highest BCUT2D eigenvalue weighted by atomic mass is 16.5. The van der Waals surface area contributed by atoms with Crippen LogP contribution in [0.25, 0.3) is 10.9 Å². The molecule has 4 heteroatoms. The van der Waals surface area contributed by atoms with Crippen LogP contribution < -0.4 is 10.1 Å². The third-order valence-electron chi connectivity index (χ3n) is 4.01. The third kappa shape index (κ3) is 3.38. The fraction of sp³-hybridized carbons (Fsp3) is 0.200. The minimum absolute atomic E-state index is 0.0831. The zero-order valence-electron chi connectivity index (χ0n) is 13.9. The molecule has 0 aliphatic heterocycles. The molecule has 2 aromatic carbocycles. The first kappa shape index (κ1) is 16.0. The van der Waals surface area contributed by atoms with Crippen molar-refractivity contribution >= 4 is 16.8 Å². The van der Waals surface area contributed by atoms with Gasteiger partial charge in [0.15, 0.2) is 0 Å². The van der Waals surface area contributed by atoms with Crippen molar-refractivity contribution < 1.29 is 9.53 Å². The zero-order chi connectivity index (χ0) is 16.9. The van der Waals surface area contributed by atoms with Gasteiger partial charge in [0, 0.05) is 18.1 Å². The van der Waals surface area contributed by atoms with Crippen molar-refractivity contribution in [3.05, 3.63) is 71.4 Å². The van der Waals surface area contributed by atoms with Crippen molar-refractivity contribution in [2.24, 2.45) is 0 Å². The number of nitrogens with zero attached hydrogens (tertiary/aromatic N) is 1. The SMILES string of the molecule is COc1ccc(C)cc1CCNC(=O)c1ccnc2ccccc12. The Morgan fingerprint density at radius 3 is 2.83 bits per heavy atom. The number of hydrogen-bond acceptors (Lipinski definition) is 3. The summed E-state index contributed by atoms with van der Waals surface area (Å²) in [6.07, 6.45) is 2.39. The quantitative estimate of drug-likeness (QED) is 0.782. The molecule has 4 nitrogen and oxygen atoms in total. The number of carbonyl (C=O) groups is 1. The standard InChI is InChI=1S/C20H20N2O2/c1-14-7-8-19(24-2)15(13-14)9-11-22-20(23)17-10-12-21-18-6-4-3-5-16(17)18/h3-8,10,12-13H,9,11H2,1-2H3,(H,22,23). The molecule has 24 heavy (non-hydrogen) atoms. The van der Waals surface area contributed by atoms with Gasteiger partial charge < -0.3 is 10.1 Å². The summed E-state index contributed by atoms with van der Waals surface area (Å²) < 4.78 is 5.38. The third-order valence-corrected chi connectivity index (χ3v) is 4.01. The van der Waals surface area contributed by atoms with Gasteiger partial charge in [0.25, 0.3) is 5.91 Å². The van der Waals surface area contributed by atoms with Crippen LogP contribution in [0.4, 0.5) is 0 Å². The number of amides is 1. The number of carbonyl (C=O) groups excluding carboxylic acids is 1. The van der Waals surface area contributed by atoms with Crippen LogP contribution in [-0.2, 0) is 6.42 Å². The highest BCUT2D eigenvalue weighted by Crippen LogP contribution is 2.20. The molecule has 0 aliphatic rings. The van der Waals surface area contributed by atoms with Gasteiger partial charge in [-0.15, -0.1) is 0 Å². The molecule has 0 saturated heterocycles. The lowest BCUT2D eigenvalue weighted by molar-refractivity contribution is 0.0955. The maximum atomic E-state index is 12.5. The minimum Gasteiger partial charge on any atom is -0.496 e. The summed E-state index contributed by atoms with van der Waals surface area (Å²) in [4.78, 5) is 16.8. The summed E-state index contributed by atoms with van der Waals surface area (Å²) >= 11 is 0. The van der Waals surface area contributed by atoms with E-state index >= 15 is 0 Å². The van der Waals surface area contributed by atoms with Gasteiger partial charge in [-0.25, -0.2) is 0 Å². The largest absolute Gasteiger partial charge is 0.496 e. The zero-order valence-corrected chi connectivity index (χ0v) is 13.9. The lowest BCUT2D eigenvalue weighted by atomic mass is 10.1. The Hall–Kier alpha value is -2.88. The number of benzene rings is 2. The van der Waals surface area contributed by atoms with Crippen molar-refractivity contribution in [1.82, 2.24) is 10.3 Å². The van der Waals surface area contributed by atoms with E-state index in [0.29, 0.717) is 12.1 Å². The van der Waals surface area contributed by atoms with Crippen LogP contribution in [0.1, 0.15) is 21.5 Å². The fourth-order valence-corrected chi connectivity index (χ4v) is 2.80. The van der Waals surface area contributed by atoms with Crippen molar-refractivity contribution in [2.45, 2.75) is 13.3 Å². The van der Waals surface area contributed by atoms with E-state index in [4.69, 9.17) is 4.74 Å². The number of aromatic nitrogens is 1. The lowest BCUT2D eigenvalue weighted by Crippen LogP contribution is -2.26. The molecule has 122 valence electrons. The summed E-state index contributed by atoms with van der Waals surface area (Å²) in [5.41, 5.74) is 3.75. The first-order valence-corrected chi connectivity index (χ1v) is 7.94. The van der Waals surface area contributed by atoms with Gasteiger partial charge in [-0.3, -0.25) is 9.78 Å². The van der Waals surface area contributed by atoms with E-state index in [2.05, 4.69) is 16.4 Å². The molecule has 0 bridgehead atoms. The van der Waals surface area contributed by atoms with E-state index in [-0.39, 0.29) is 5.91 Å². The highest BCUT2D eigenvalue weighted by Gasteiger charge is 2.10. The van der Waals surface area contributed by atoms with Gasteiger partial charge in [0.2, 0.25) is 0 Å². The molecule has 0 saturated carbocycles. The second-order valence-electron chi connectivity index (χ2n) is 5.70. The molecule has 1 amide bonds. The van der Waals surface area contributed by atoms with Crippen LogP contribution in [0.3, 0.4) is 0 Å². The van der Waals surface area contributed by atoms with Crippen LogP contribution >= 0.6 is 0 Å². The number of pyridine rings is 1. The van der Waals surface area contributed by atoms with E-state index in [1.807, 2.05) is 43.3 Å². The van der Waals surface area contributed by atoms with Gasteiger partial charge in [-0.2, -0.15) is 0 Å². The van der Waals surface area contributed by atoms with E-state index in [0.717, 1.165) is 28.6 Å².